The van der Waals surface area contributed by atoms with Gasteiger partial charge in [-0.25, -0.2) is 4.79 Å². The maximum absolute atomic E-state index is 13.1. The van der Waals surface area contributed by atoms with Crippen LogP contribution in [0.2, 0.25) is 0 Å². The zero-order valence-electron chi connectivity index (χ0n) is 37.8. The maximum atomic E-state index is 13.1. The minimum atomic E-state index is -1.64. The Morgan fingerprint density at radius 1 is 0.754 bits per heavy atom. The number of aliphatic hydroxyl groups is 9. The van der Waals surface area contributed by atoms with Crippen LogP contribution in [0.1, 0.15) is 89.4 Å². The Hall–Kier alpha value is -2.21. The number of hydrogen-bond donors (Lipinski definition) is 9. The summed E-state index contributed by atoms with van der Waals surface area (Å²) in [5.74, 6) is -0.696. The molecule has 0 amide bonds. The van der Waals surface area contributed by atoms with Crippen LogP contribution >= 0.6 is 0 Å². The van der Waals surface area contributed by atoms with Gasteiger partial charge in [-0.05, 0) is 101 Å². The van der Waals surface area contributed by atoms with Gasteiger partial charge in [-0.1, -0.05) is 43.7 Å². The second kappa shape index (κ2) is 19.3. The summed E-state index contributed by atoms with van der Waals surface area (Å²) in [5, 5.41) is 97.1. The fourth-order valence-corrected chi connectivity index (χ4v) is 13.0. The number of ether oxygens (including phenoxy) is 8. The molecule has 9 N–H and O–H groups in total. The molecule has 8 rings (SSSR count). The summed E-state index contributed by atoms with van der Waals surface area (Å²) in [6.07, 6.45) is -12.5. The lowest BCUT2D eigenvalue weighted by atomic mass is 9.45. The van der Waals surface area contributed by atoms with Gasteiger partial charge in [0.15, 0.2) is 25.0 Å². The molecule has 3 heterocycles. The van der Waals surface area contributed by atoms with Crippen molar-refractivity contribution in [3.63, 3.8) is 0 Å². The molecule has 3 saturated carbocycles. The van der Waals surface area contributed by atoms with Crippen LogP contribution in [0, 0.1) is 28.6 Å². The van der Waals surface area contributed by atoms with E-state index in [2.05, 4.69) is 19.9 Å². The van der Waals surface area contributed by atoms with Gasteiger partial charge in [0.1, 0.15) is 61.0 Å². The first-order valence-electron chi connectivity index (χ1n) is 23.3. The Morgan fingerprint density at radius 3 is 2.09 bits per heavy atom. The Bertz CT molecular complexity index is 1820. The molecule has 65 heavy (non-hydrogen) atoms. The molecule has 18 nitrogen and oxygen atoms in total. The first-order chi connectivity index (χ1) is 30.9. The minimum Gasteiger partial charge on any atom is -0.450 e. The molecule has 1 aromatic rings. The Kier molecular flexibility index (Phi) is 14.6. The summed E-state index contributed by atoms with van der Waals surface area (Å²) < 4.78 is 48.1. The van der Waals surface area contributed by atoms with Crippen molar-refractivity contribution in [1.29, 1.82) is 0 Å². The summed E-state index contributed by atoms with van der Waals surface area (Å²) in [4.78, 5) is 13.1. The molecule has 18 heteroatoms. The van der Waals surface area contributed by atoms with Gasteiger partial charge in [-0.15, -0.1) is 0 Å². The maximum Gasteiger partial charge on any atom is 0.338 e. The van der Waals surface area contributed by atoms with Crippen molar-refractivity contribution in [2.75, 3.05) is 20.3 Å². The molecule has 0 aromatic heterocycles. The second-order valence-corrected chi connectivity index (χ2v) is 20.1. The molecule has 366 valence electrons. The number of esters is 1. The van der Waals surface area contributed by atoms with Gasteiger partial charge in [-0.2, -0.15) is 0 Å². The number of methoxy groups -OCH3 is 1. The van der Waals surface area contributed by atoms with E-state index < -0.39 is 128 Å². The first-order valence-corrected chi connectivity index (χ1v) is 23.3. The Balaban J connectivity index is 0.917. The van der Waals surface area contributed by atoms with E-state index in [1.54, 1.807) is 37.3 Å². The van der Waals surface area contributed by atoms with Crippen LogP contribution < -0.4 is 0 Å². The third-order valence-electron chi connectivity index (χ3n) is 16.8. The lowest BCUT2D eigenvalue weighted by Gasteiger charge is -2.61. The zero-order chi connectivity index (χ0) is 46.7. The highest BCUT2D eigenvalue weighted by molar-refractivity contribution is 5.89. The largest absolute Gasteiger partial charge is 0.450 e. The summed E-state index contributed by atoms with van der Waals surface area (Å²) in [5.41, 5.74) is -0.278. The van der Waals surface area contributed by atoms with Crippen LogP contribution in [-0.2, 0) is 37.9 Å². The quantitative estimate of drug-likeness (QED) is 0.102. The van der Waals surface area contributed by atoms with Crippen molar-refractivity contribution >= 4 is 5.97 Å². The van der Waals surface area contributed by atoms with Crippen LogP contribution in [0.3, 0.4) is 0 Å². The van der Waals surface area contributed by atoms with Crippen molar-refractivity contribution in [2.45, 2.75) is 189 Å². The molecule has 0 spiro atoms. The predicted molar refractivity (Wildman–Crippen MR) is 225 cm³/mol. The molecule has 1 aromatic carbocycles. The smallest absolute Gasteiger partial charge is 0.338 e. The molecule has 0 bridgehead atoms. The van der Waals surface area contributed by atoms with Gasteiger partial charge in [0, 0.05) is 12.5 Å². The van der Waals surface area contributed by atoms with E-state index in [9.17, 15) is 50.8 Å². The molecule has 23 atom stereocenters. The Morgan fingerprint density at radius 2 is 1.42 bits per heavy atom. The van der Waals surface area contributed by atoms with E-state index in [4.69, 9.17) is 37.9 Å². The lowest BCUT2D eigenvalue weighted by molar-refractivity contribution is -0.361. The molecule has 0 radical (unpaired) electrons. The molecule has 0 unspecified atom stereocenters. The van der Waals surface area contributed by atoms with Crippen LogP contribution in [0.5, 0.6) is 0 Å². The van der Waals surface area contributed by atoms with Crippen LogP contribution in [0.15, 0.2) is 42.0 Å². The minimum absolute atomic E-state index is 0.0293. The van der Waals surface area contributed by atoms with Crippen molar-refractivity contribution in [3.8, 4) is 0 Å². The third kappa shape index (κ3) is 8.65. The summed E-state index contributed by atoms with van der Waals surface area (Å²) in [6, 6.07) is 8.27. The number of carbonyl (C=O) groups excluding carboxylic acids is 1. The number of carbonyl (C=O) groups is 1. The van der Waals surface area contributed by atoms with Crippen molar-refractivity contribution < 1.29 is 88.6 Å². The van der Waals surface area contributed by atoms with E-state index in [-0.39, 0.29) is 34.8 Å². The average molecular weight is 923 g/mol. The number of benzene rings is 1. The standard InChI is InChI=1S/C47H70O18/c1-22(59-44-40(35(53)33(51)31(21-49)63-44)64-41(56)24-9-7-6-8-10-24)27-15-18-47(57)29-12-11-25-19-26(13-16-45(25,3)28(29)14-17-46(27,47)4)61-43-37(55)39(58-5)38(23(2)60-43)65-42-36(54)34(52)32(50)30(20-48)62-42/h6-11,22-23,26-40,42-44,48-55,57H,12-21H2,1-5H3/t22-,23-,26+,27-,28+,29-,30-,31-,32-,33-,34+,35+,36-,37-,38+,39-,40-,42+,43+,44-,45+,46-,47+/m1/s1. The highest BCUT2D eigenvalue weighted by atomic mass is 16.7. The van der Waals surface area contributed by atoms with E-state index in [1.807, 2.05) is 6.92 Å². The lowest BCUT2D eigenvalue weighted by Crippen LogP contribution is -2.64. The van der Waals surface area contributed by atoms with E-state index >= 15 is 0 Å². The molecule has 3 saturated heterocycles. The molecule has 4 aliphatic carbocycles. The van der Waals surface area contributed by atoms with Crippen LogP contribution in [0.4, 0.5) is 0 Å². The van der Waals surface area contributed by atoms with Crippen LogP contribution in [-0.4, -0.2) is 182 Å². The molecule has 7 aliphatic rings. The SMILES string of the molecule is CO[C@@H]1[C@@H](O)[C@H](O[C@H]2CC[C@@]3(C)C(=CC[C@@H]4[C@@H]3CC[C@]3(C)[C@@H]([C@@H](C)O[C@@H]5O[C@H](CO)[C@@H](O)[C@H](O)[C@H]5OC(=O)c5ccccc5)CC[C@]43O)C2)O[C@H](C)[C@@H]1O[C@@H]1O[C@H](CO)[C@@H](O)[C@H](O)[C@H]1O. The number of rotatable bonds is 12. The third-order valence-corrected chi connectivity index (χ3v) is 16.8. The fourth-order valence-electron chi connectivity index (χ4n) is 13.0. The number of fused-ring (bicyclic) bond motifs is 5. The van der Waals surface area contributed by atoms with Crippen LogP contribution in [0.25, 0.3) is 0 Å². The molecule has 3 aliphatic heterocycles. The van der Waals surface area contributed by atoms with Crippen molar-refractivity contribution in [1.82, 2.24) is 0 Å². The molecular formula is C47H70O18. The van der Waals surface area contributed by atoms with Gasteiger partial charge in [0.2, 0.25) is 0 Å². The predicted octanol–water partition coefficient (Wildman–Crippen LogP) is 0.441. The number of allylic oxidation sites excluding steroid dienone is 1. The van der Waals surface area contributed by atoms with Gasteiger partial charge in [-0.3, -0.25) is 0 Å². The van der Waals surface area contributed by atoms with Gasteiger partial charge in [0.25, 0.3) is 0 Å². The van der Waals surface area contributed by atoms with E-state index in [0.717, 1.165) is 19.3 Å². The first kappa shape index (κ1) is 49.2. The monoisotopic (exact) mass is 922 g/mol. The van der Waals surface area contributed by atoms with Crippen molar-refractivity contribution in [2.24, 2.45) is 28.6 Å². The molecular weight excluding hydrogens is 852 g/mol. The number of hydrogen-bond acceptors (Lipinski definition) is 18. The van der Waals surface area contributed by atoms with E-state index in [1.165, 1.54) is 12.7 Å². The average Bonchev–Trinajstić information content (AvgIpc) is 3.58. The summed E-state index contributed by atoms with van der Waals surface area (Å²) in [6.45, 7) is 6.83. The van der Waals surface area contributed by atoms with E-state index in [0.29, 0.717) is 32.1 Å². The highest BCUT2D eigenvalue weighted by Gasteiger charge is 2.67. The second-order valence-electron chi connectivity index (χ2n) is 20.1. The topological polar surface area (TPSA) is 273 Å². The fraction of sp³-hybridized carbons (Fsp3) is 0.809. The molecule has 6 fully saturated rings. The van der Waals surface area contributed by atoms with Gasteiger partial charge in [0.05, 0.1) is 42.7 Å². The normalized spacial score (nSPS) is 49.2. The highest BCUT2D eigenvalue weighted by Crippen LogP contribution is 2.68. The zero-order valence-corrected chi connectivity index (χ0v) is 37.8. The van der Waals surface area contributed by atoms with Gasteiger partial charge < -0.3 is 83.9 Å². The van der Waals surface area contributed by atoms with Crippen molar-refractivity contribution in [3.05, 3.63) is 47.5 Å². The number of aliphatic hydroxyl groups excluding tert-OH is 8. The summed E-state index contributed by atoms with van der Waals surface area (Å²) >= 11 is 0. The summed E-state index contributed by atoms with van der Waals surface area (Å²) in [7, 11) is 1.41. The van der Waals surface area contributed by atoms with Gasteiger partial charge >= 0.3 is 5.97 Å². The Labute approximate surface area is 379 Å².